The number of imide groups is 1. The van der Waals surface area contributed by atoms with E-state index in [2.05, 4.69) is 0 Å². The van der Waals surface area contributed by atoms with Gasteiger partial charge in [-0.2, -0.15) is 5.26 Å². The van der Waals surface area contributed by atoms with Crippen LogP contribution in [-0.4, -0.2) is 36.1 Å². The molecule has 4 rings (SSSR count). The Kier molecular flexibility index (Phi) is 3.65. The predicted octanol–water partition coefficient (Wildman–Crippen LogP) is 1.59. The highest BCUT2D eigenvalue weighted by Crippen LogP contribution is 2.53. The van der Waals surface area contributed by atoms with Gasteiger partial charge in [0.1, 0.15) is 18.3 Å². The molecule has 7 nitrogen and oxygen atoms in total. The quantitative estimate of drug-likeness (QED) is 0.454. The number of carbonyl (C=O) groups is 3. The number of carbonyl (C=O) groups excluding carboxylic acids is 3. The molecule has 0 unspecified atom stereocenters. The highest BCUT2D eigenvalue weighted by Gasteiger charge is 2.68. The van der Waals surface area contributed by atoms with E-state index in [9.17, 15) is 19.6 Å². The van der Waals surface area contributed by atoms with E-state index in [1.807, 2.05) is 6.07 Å². The molecule has 3 aliphatic rings. The largest absolute Gasteiger partial charge is 0.462 e. The molecule has 0 aliphatic carbocycles. The fourth-order valence-electron chi connectivity index (χ4n) is 3.90. The van der Waals surface area contributed by atoms with Gasteiger partial charge in [-0.3, -0.25) is 14.4 Å². The van der Waals surface area contributed by atoms with Gasteiger partial charge >= 0.3 is 5.97 Å². The molecule has 3 aliphatic heterocycles. The Morgan fingerprint density at radius 1 is 1.42 bits per heavy atom. The molecule has 8 heteroatoms. The molecule has 2 saturated heterocycles. The first-order chi connectivity index (χ1) is 12.4. The number of benzene rings is 1. The number of hydrogen-bond acceptors (Lipinski definition) is 6. The van der Waals surface area contributed by atoms with E-state index in [4.69, 9.17) is 21.1 Å². The van der Waals surface area contributed by atoms with Gasteiger partial charge in [-0.25, -0.2) is 4.90 Å². The molecule has 26 heavy (non-hydrogen) atoms. The summed E-state index contributed by atoms with van der Waals surface area (Å²) in [6.45, 7) is 1.11. The molecular formula is C18H13ClN2O5. The minimum atomic E-state index is -1.16. The molecular weight excluding hydrogens is 360 g/mol. The maximum Gasteiger partial charge on any atom is 0.302 e. The van der Waals surface area contributed by atoms with E-state index in [0.29, 0.717) is 5.02 Å². The van der Waals surface area contributed by atoms with Gasteiger partial charge in [-0.1, -0.05) is 17.7 Å². The molecule has 2 bridgehead atoms. The lowest BCUT2D eigenvalue weighted by Gasteiger charge is -2.28. The first kappa shape index (κ1) is 16.8. The Bertz CT molecular complexity index is 921. The second-order valence-corrected chi connectivity index (χ2v) is 6.90. The van der Waals surface area contributed by atoms with Crippen molar-refractivity contribution in [3.63, 3.8) is 0 Å². The first-order valence-corrected chi connectivity index (χ1v) is 8.34. The summed E-state index contributed by atoms with van der Waals surface area (Å²) in [5.74, 6) is -2.96. The third-order valence-electron chi connectivity index (χ3n) is 4.98. The van der Waals surface area contributed by atoms with Gasteiger partial charge in [0.25, 0.3) is 0 Å². The predicted molar refractivity (Wildman–Crippen MR) is 89.0 cm³/mol. The fraction of sp³-hybridized carbons (Fsp3) is 0.333. The van der Waals surface area contributed by atoms with Gasteiger partial charge in [0.15, 0.2) is 0 Å². The van der Waals surface area contributed by atoms with E-state index in [-0.39, 0.29) is 17.9 Å². The zero-order valence-corrected chi connectivity index (χ0v) is 14.4. The van der Waals surface area contributed by atoms with Crippen LogP contribution in [0.3, 0.4) is 0 Å². The van der Waals surface area contributed by atoms with Crippen LogP contribution in [0.1, 0.15) is 12.5 Å². The molecule has 2 fully saturated rings. The molecule has 3 heterocycles. The molecule has 0 saturated carbocycles. The summed E-state index contributed by atoms with van der Waals surface area (Å²) in [5, 5.41) is 9.63. The number of halogens is 1. The van der Waals surface area contributed by atoms with Crippen LogP contribution in [0, 0.1) is 23.2 Å². The Morgan fingerprint density at radius 3 is 2.88 bits per heavy atom. The lowest BCUT2D eigenvalue weighted by Crippen LogP contribution is -2.44. The van der Waals surface area contributed by atoms with Crippen molar-refractivity contribution in [3.05, 3.63) is 40.9 Å². The zero-order chi connectivity index (χ0) is 18.6. The number of fused-ring (bicyclic) bond motifs is 5. The number of rotatable bonds is 3. The van der Waals surface area contributed by atoms with Gasteiger partial charge in [-0.05, 0) is 24.3 Å². The van der Waals surface area contributed by atoms with E-state index in [1.54, 1.807) is 12.2 Å². The van der Waals surface area contributed by atoms with Gasteiger partial charge in [0.2, 0.25) is 11.8 Å². The van der Waals surface area contributed by atoms with Crippen LogP contribution in [0.2, 0.25) is 5.02 Å². The van der Waals surface area contributed by atoms with E-state index in [0.717, 1.165) is 4.90 Å². The van der Waals surface area contributed by atoms with E-state index >= 15 is 0 Å². The van der Waals surface area contributed by atoms with Crippen molar-refractivity contribution in [3.8, 4) is 6.07 Å². The Balaban J connectivity index is 1.75. The molecule has 132 valence electrons. The summed E-state index contributed by atoms with van der Waals surface area (Å²) >= 11 is 6.00. The summed E-state index contributed by atoms with van der Waals surface area (Å²) in [6.07, 6.45) is 2.82. The van der Waals surface area contributed by atoms with Gasteiger partial charge in [0.05, 0.1) is 29.2 Å². The van der Waals surface area contributed by atoms with Crippen LogP contribution in [0.5, 0.6) is 0 Å². The molecule has 1 aromatic carbocycles. The molecule has 4 atom stereocenters. The third-order valence-corrected chi connectivity index (χ3v) is 5.21. The van der Waals surface area contributed by atoms with E-state index in [1.165, 1.54) is 25.1 Å². The summed E-state index contributed by atoms with van der Waals surface area (Å²) < 4.78 is 10.9. The molecule has 0 aromatic heterocycles. The second kappa shape index (κ2) is 5.66. The van der Waals surface area contributed by atoms with Gasteiger partial charge in [0, 0.05) is 11.9 Å². The van der Waals surface area contributed by atoms with Crippen LogP contribution in [0.25, 0.3) is 0 Å². The normalized spacial score (nSPS) is 31.3. The second-order valence-electron chi connectivity index (χ2n) is 6.47. The summed E-state index contributed by atoms with van der Waals surface area (Å²) in [6, 6.07) is 6.38. The van der Waals surface area contributed by atoms with Gasteiger partial charge in [-0.15, -0.1) is 0 Å². The first-order valence-electron chi connectivity index (χ1n) is 7.96. The average Bonchev–Trinajstić information content (AvgIpc) is 3.24. The molecule has 0 N–H and O–H groups in total. The minimum absolute atomic E-state index is 0.149. The van der Waals surface area contributed by atoms with Gasteiger partial charge < -0.3 is 9.47 Å². The van der Waals surface area contributed by atoms with Crippen molar-refractivity contribution in [2.24, 2.45) is 11.8 Å². The monoisotopic (exact) mass is 372 g/mol. The standard InChI is InChI=1S/C18H13ClN2O5/c1-9(22)25-8-18-5-4-13(26-18)14-15(18)17(24)21(16(14)23)12-6-11(19)3-2-10(12)7-20/h2-6,13-15H,8H2,1H3/t13-,14-,15+,18-/m1/s1. The Labute approximate surface area is 153 Å². The maximum absolute atomic E-state index is 13.1. The number of hydrogen-bond donors (Lipinski definition) is 0. The number of anilines is 1. The van der Waals surface area contributed by atoms with Crippen LogP contribution >= 0.6 is 11.6 Å². The summed E-state index contributed by atoms with van der Waals surface area (Å²) in [4.78, 5) is 38.3. The molecule has 2 amide bonds. The Morgan fingerprint density at radius 2 is 2.19 bits per heavy atom. The number of ether oxygens (including phenoxy) is 2. The van der Waals surface area contributed by atoms with Crippen molar-refractivity contribution in [1.82, 2.24) is 0 Å². The topological polar surface area (TPSA) is 96.7 Å². The number of esters is 1. The third kappa shape index (κ3) is 2.19. The zero-order valence-electron chi connectivity index (χ0n) is 13.6. The van der Waals surface area contributed by atoms with Crippen molar-refractivity contribution >= 4 is 35.1 Å². The number of nitriles is 1. The molecule has 0 radical (unpaired) electrons. The highest BCUT2D eigenvalue weighted by atomic mass is 35.5. The number of nitrogens with zero attached hydrogens (tertiary/aromatic N) is 2. The lowest BCUT2D eigenvalue weighted by atomic mass is 9.77. The fourth-order valence-corrected chi connectivity index (χ4v) is 4.07. The molecule has 0 spiro atoms. The summed E-state index contributed by atoms with van der Waals surface area (Å²) in [5.41, 5.74) is -0.828. The van der Waals surface area contributed by atoms with Crippen LogP contribution in [-0.2, 0) is 23.9 Å². The smallest absolute Gasteiger partial charge is 0.302 e. The highest BCUT2D eigenvalue weighted by molar-refractivity contribution is 6.31. The number of amides is 2. The van der Waals surface area contributed by atoms with E-state index < -0.39 is 41.3 Å². The summed E-state index contributed by atoms with van der Waals surface area (Å²) in [7, 11) is 0. The van der Waals surface area contributed by atoms with Crippen molar-refractivity contribution in [2.45, 2.75) is 18.6 Å². The van der Waals surface area contributed by atoms with Crippen molar-refractivity contribution < 1.29 is 23.9 Å². The lowest BCUT2D eigenvalue weighted by molar-refractivity contribution is -0.150. The molecule has 1 aromatic rings. The van der Waals surface area contributed by atoms with Crippen LogP contribution in [0.4, 0.5) is 5.69 Å². The van der Waals surface area contributed by atoms with Crippen molar-refractivity contribution in [1.29, 1.82) is 5.26 Å². The van der Waals surface area contributed by atoms with Crippen molar-refractivity contribution in [2.75, 3.05) is 11.5 Å². The van der Waals surface area contributed by atoms with Crippen LogP contribution < -0.4 is 4.90 Å². The van der Waals surface area contributed by atoms with Crippen LogP contribution in [0.15, 0.2) is 30.4 Å². The SMILES string of the molecule is CC(=O)OC[C@@]12C=C[C@@H](O1)[C@H]1C(=O)N(c3cc(Cl)ccc3C#N)C(=O)[C@H]12. The minimum Gasteiger partial charge on any atom is -0.462 e. The maximum atomic E-state index is 13.1. The average molecular weight is 373 g/mol. The Hall–Kier alpha value is -2.69.